The summed E-state index contributed by atoms with van der Waals surface area (Å²) in [6, 6.07) is 6.71. The van der Waals surface area contributed by atoms with Crippen molar-refractivity contribution in [2.24, 2.45) is 10.9 Å². The number of carbonyl (C=O) groups is 2. The predicted octanol–water partition coefficient (Wildman–Crippen LogP) is 2.48. The SMILES string of the molecule is CCOC(=O)c1cc2c(=O)n3ccccc3nc2n(C[C@H]2CCCO2)c1=NC(=O)CC(C)C. The summed E-state index contributed by atoms with van der Waals surface area (Å²) < 4.78 is 14.2. The molecule has 1 saturated heterocycles. The Balaban J connectivity index is 2.08. The summed E-state index contributed by atoms with van der Waals surface area (Å²) in [7, 11) is 0. The van der Waals surface area contributed by atoms with Gasteiger partial charge in [0, 0.05) is 19.2 Å². The molecule has 4 rings (SSSR count). The third kappa shape index (κ3) is 4.73. The van der Waals surface area contributed by atoms with E-state index in [4.69, 9.17) is 14.5 Å². The first-order chi connectivity index (χ1) is 15.9. The molecule has 174 valence electrons. The van der Waals surface area contributed by atoms with E-state index in [0.717, 1.165) is 12.8 Å². The summed E-state index contributed by atoms with van der Waals surface area (Å²) in [5, 5.41) is 0.245. The van der Waals surface area contributed by atoms with Crippen LogP contribution in [0.5, 0.6) is 0 Å². The number of rotatable bonds is 6. The van der Waals surface area contributed by atoms with Gasteiger partial charge in [-0.3, -0.25) is 14.0 Å². The van der Waals surface area contributed by atoms with Gasteiger partial charge in [0.05, 0.1) is 24.6 Å². The Hall–Kier alpha value is -3.33. The van der Waals surface area contributed by atoms with Gasteiger partial charge in [-0.05, 0) is 43.9 Å². The molecule has 4 heterocycles. The van der Waals surface area contributed by atoms with E-state index in [1.54, 1.807) is 35.9 Å². The first-order valence-corrected chi connectivity index (χ1v) is 11.3. The van der Waals surface area contributed by atoms with E-state index in [2.05, 4.69) is 4.99 Å². The maximum absolute atomic E-state index is 13.3. The summed E-state index contributed by atoms with van der Waals surface area (Å²) >= 11 is 0. The zero-order valence-electron chi connectivity index (χ0n) is 19.1. The summed E-state index contributed by atoms with van der Waals surface area (Å²) in [5.74, 6) is -0.895. The summed E-state index contributed by atoms with van der Waals surface area (Å²) in [5.41, 5.74) is 0.705. The lowest BCUT2D eigenvalue weighted by Crippen LogP contribution is -2.35. The van der Waals surface area contributed by atoms with Crippen LogP contribution in [0.3, 0.4) is 0 Å². The number of carbonyl (C=O) groups excluding carboxylic acids is 2. The Bertz CT molecular complexity index is 1330. The molecule has 1 aliphatic rings. The molecular formula is C24H28N4O5. The molecule has 9 heteroatoms. The summed E-state index contributed by atoms with van der Waals surface area (Å²) in [6.45, 7) is 6.65. The molecule has 0 aromatic carbocycles. The van der Waals surface area contributed by atoms with Crippen molar-refractivity contribution in [2.75, 3.05) is 13.2 Å². The van der Waals surface area contributed by atoms with E-state index in [1.165, 1.54) is 10.5 Å². The normalized spacial score (nSPS) is 16.7. The van der Waals surface area contributed by atoms with Crippen molar-refractivity contribution in [3.05, 3.63) is 51.9 Å². The quantitative estimate of drug-likeness (QED) is 0.420. The average molecular weight is 453 g/mol. The van der Waals surface area contributed by atoms with Crippen molar-refractivity contribution in [3.63, 3.8) is 0 Å². The van der Waals surface area contributed by atoms with Crippen molar-refractivity contribution >= 4 is 28.6 Å². The highest BCUT2D eigenvalue weighted by atomic mass is 16.5. The predicted molar refractivity (Wildman–Crippen MR) is 122 cm³/mol. The van der Waals surface area contributed by atoms with Gasteiger partial charge in [0.1, 0.15) is 16.9 Å². The molecule has 1 aliphatic heterocycles. The van der Waals surface area contributed by atoms with Gasteiger partial charge in [-0.25, -0.2) is 9.78 Å². The minimum atomic E-state index is -0.644. The van der Waals surface area contributed by atoms with Crippen LogP contribution in [-0.2, 0) is 20.8 Å². The molecule has 0 saturated carbocycles. The first-order valence-electron chi connectivity index (χ1n) is 11.3. The van der Waals surface area contributed by atoms with E-state index in [9.17, 15) is 14.4 Å². The number of fused-ring (bicyclic) bond motifs is 2. The molecule has 9 nitrogen and oxygen atoms in total. The smallest absolute Gasteiger partial charge is 0.341 e. The number of hydrogen-bond acceptors (Lipinski definition) is 6. The highest BCUT2D eigenvalue weighted by Crippen LogP contribution is 2.17. The highest BCUT2D eigenvalue weighted by Gasteiger charge is 2.23. The second-order valence-electron chi connectivity index (χ2n) is 8.53. The summed E-state index contributed by atoms with van der Waals surface area (Å²) in [6.07, 6.45) is 3.46. The van der Waals surface area contributed by atoms with Crippen LogP contribution in [0.1, 0.15) is 50.4 Å². The number of hydrogen-bond donors (Lipinski definition) is 0. The lowest BCUT2D eigenvalue weighted by atomic mass is 10.1. The second kappa shape index (κ2) is 9.66. The lowest BCUT2D eigenvalue weighted by molar-refractivity contribution is -0.118. The van der Waals surface area contributed by atoms with E-state index in [1.807, 2.05) is 13.8 Å². The first kappa shape index (κ1) is 22.8. The standard InChI is InChI=1S/C24H28N4O5/c1-4-32-24(31)18-13-17-21(25-19-9-5-6-10-27(19)23(17)30)28(14-16-8-7-11-33-16)22(18)26-20(29)12-15(2)3/h5-6,9-10,13,15-16H,4,7-8,11-12,14H2,1-3H3/t16-/m1/s1. The van der Waals surface area contributed by atoms with E-state index < -0.39 is 5.97 Å². The maximum atomic E-state index is 13.3. The molecule has 33 heavy (non-hydrogen) atoms. The van der Waals surface area contributed by atoms with Crippen molar-refractivity contribution in [1.82, 2.24) is 14.0 Å². The van der Waals surface area contributed by atoms with E-state index >= 15 is 0 Å². The Morgan fingerprint density at radius 1 is 1.33 bits per heavy atom. The van der Waals surface area contributed by atoms with Gasteiger partial charge in [-0.15, -0.1) is 0 Å². The number of pyridine rings is 2. The van der Waals surface area contributed by atoms with Crippen molar-refractivity contribution in [3.8, 4) is 0 Å². The number of ether oxygens (including phenoxy) is 2. The van der Waals surface area contributed by atoms with Crippen molar-refractivity contribution in [2.45, 2.75) is 52.7 Å². The number of aromatic nitrogens is 3. The fourth-order valence-corrected chi connectivity index (χ4v) is 4.04. The molecular weight excluding hydrogens is 424 g/mol. The Kier molecular flexibility index (Phi) is 6.69. The molecule has 3 aromatic heterocycles. The zero-order chi connectivity index (χ0) is 23.5. The molecule has 0 bridgehead atoms. The fourth-order valence-electron chi connectivity index (χ4n) is 4.04. The maximum Gasteiger partial charge on any atom is 0.341 e. The Morgan fingerprint density at radius 2 is 2.15 bits per heavy atom. The molecule has 0 spiro atoms. The van der Waals surface area contributed by atoms with Gasteiger partial charge in [0.2, 0.25) is 5.91 Å². The van der Waals surface area contributed by atoms with Crippen molar-refractivity contribution < 1.29 is 19.1 Å². The third-order valence-corrected chi connectivity index (χ3v) is 5.51. The molecule has 0 aliphatic carbocycles. The van der Waals surface area contributed by atoms with Gasteiger partial charge in [0.25, 0.3) is 5.56 Å². The monoisotopic (exact) mass is 452 g/mol. The highest BCUT2D eigenvalue weighted by molar-refractivity contribution is 5.93. The van der Waals surface area contributed by atoms with Crippen LogP contribution in [0.15, 0.2) is 40.2 Å². The van der Waals surface area contributed by atoms with E-state index in [0.29, 0.717) is 24.4 Å². The minimum Gasteiger partial charge on any atom is -0.462 e. The van der Waals surface area contributed by atoms with Crippen LogP contribution >= 0.6 is 0 Å². The average Bonchev–Trinajstić information content (AvgIpc) is 3.28. The number of nitrogens with zero attached hydrogens (tertiary/aromatic N) is 4. The van der Waals surface area contributed by atoms with Gasteiger partial charge in [-0.2, -0.15) is 4.99 Å². The van der Waals surface area contributed by atoms with Crippen LogP contribution in [-0.4, -0.2) is 45.1 Å². The van der Waals surface area contributed by atoms with Gasteiger partial charge in [-0.1, -0.05) is 19.9 Å². The zero-order valence-corrected chi connectivity index (χ0v) is 19.1. The van der Waals surface area contributed by atoms with Gasteiger partial charge < -0.3 is 14.0 Å². The van der Waals surface area contributed by atoms with Crippen LogP contribution in [0.25, 0.3) is 16.7 Å². The molecule has 0 N–H and O–H groups in total. The molecule has 3 aromatic rings. The van der Waals surface area contributed by atoms with Gasteiger partial charge >= 0.3 is 5.97 Å². The molecule has 1 amide bonds. The lowest BCUT2D eigenvalue weighted by Gasteiger charge is -2.18. The van der Waals surface area contributed by atoms with Crippen molar-refractivity contribution in [1.29, 1.82) is 0 Å². The molecule has 0 unspecified atom stereocenters. The molecule has 1 fully saturated rings. The largest absolute Gasteiger partial charge is 0.462 e. The molecule has 0 radical (unpaired) electrons. The third-order valence-electron chi connectivity index (χ3n) is 5.51. The minimum absolute atomic E-state index is 0.0641. The number of esters is 1. The Morgan fingerprint density at radius 3 is 2.85 bits per heavy atom. The van der Waals surface area contributed by atoms with Crippen LogP contribution in [0.2, 0.25) is 0 Å². The van der Waals surface area contributed by atoms with Crippen LogP contribution in [0, 0.1) is 5.92 Å². The van der Waals surface area contributed by atoms with E-state index in [-0.39, 0.29) is 53.0 Å². The summed E-state index contributed by atoms with van der Waals surface area (Å²) in [4.78, 5) is 48.0. The van der Waals surface area contributed by atoms with Gasteiger partial charge in [0.15, 0.2) is 5.49 Å². The topological polar surface area (TPSA) is 104 Å². The fraction of sp³-hybridized carbons (Fsp3) is 0.458. The Labute approximate surface area is 190 Å². The molecule has 1 atom stereocenters. The number of amides is 1. The van der Waals surface area contributed by atoms with Crippen LogP contribution < -0.4 is 11.0 Å². The second-order valence-corrected chi connectivity index (χ2v) is 8.53. The van der Waals surface area contributed by atoms with Crippen LogP contribution in [0.4, 0.5) is 0 Å².